The van der Waals surface area contributed by atoms with Crippen LogP contribution in [0.5, 0.6) is 0 Å². The van der Waals surface area contributed by atoms with Crippen molar-refractivity contribution in [3.05, 3.63) is 70.5 Å². The number of hydrogen-bond donors (Lipinski definition) is 2. The number of rotatable bonds is 0. The number of aryl methyl sites for hydroxylation is 2. The summed E-state index contributed by atoms with van der Waals surface area (Å²) in [5, 5.41) is 23.3. The van der Waals surface area contributed by atoms with Gasteiger partial charge in [-0.1, -0.05) is 30.3 Å². The third-order valence-corrected chi connectivity index (χ3v) is 4.98. The number of halogens is 1. The normalized spacial score (nSPS) is 19.5. The summed E-state index contributed by atoms with van der Waals surface area (Å²) in [6.45, 7) is 3.93. The zero-order valence-electron chi connectivity index (χ0n) is 13.0. The van der Waals surface area contributed by atoms with Gasteiger partial charge in [0.05, 0.1) is 0 Å². The van der Waals surface area contributed by atoms with Gasteiger partial charge in [-0.3, -0.25) is 0 Å². The molecule has 0 bridgehead atoms. The molecule has 4 rings (SSSR count). The average molecular weight is 308 g/mol. The third-order valence-electron chi connectivity index (χ3n) is 4.98. The maximum Gasteiger partial charge on any atom is 0.123 e. The molecule has 116 valence electrons. The Labute approximate surface area is 133 Å². The van der Waals surface area contributed by atoms with Gasteiger partial charge in [-0.25, -0.2) is 4.39 Å². The molecule has 2 nitrogen and oxygen atoms in total. The molecule has 0 aliphatic heterocycles. The second-order valence-electron chi connectivity index (χ2n) is 6.21. The van der Waals surface area contributed by atoms with Crippen LogP contribution in [0.1, 0.15) is 34.5 Å². The Kier molecular flexibility index (Phi) is 3.05. The zero-order chi connectivity index (χ0) is 16.3. The van der Waals surface area contributed by atoms with Crippen LogP contribution >= 0.6 is 0 Å². The van der Waals surface area contributed by atoms with Crippen LogP contribution in [0, 0.1) is 19.7 Å². The molecule has 2 atom stereocenters. The van der Waals surface area contributed by atoms with Crippen molar-refractivity contribution in [2.24, 2.45) is 0 Å². The van der Waals surface area contributed by atoms with Crippen molar-refractivity contribution >= 4 is 10.8 Å². The highest BCUT2D eigenvalue weighted by molar-refractivity contribution is 5.97. The van der Waals surface area contributed by atoms with Crippen LogP contribution in [-0.2, 0) is 0 Å². The van der Waals surface area contributed by atoms with Crippen LogP contribution in [0.2, 0.25) is 0 Å². The number of fused-ring (bicyclic) bond motifs is 4. The van der Waals surface area contributed by atoms with Gasteiger partial charge in [0.2, 0.25) is 0 Å². The van der Waals surface area contributed by atoms with Crippen molar-refractivity contribution in [3.63, 3.8) is 0 Å². The molecule has 1 aliphatic carbocycles. The summed E-state index contributed by atoms with van der Waals surface area (Å²) in [6, 6.07) is 12.3. The molecule has 23 heavy (non-hydrogen) atoms. The minimum Gasteiger partial charge on any atom is -0.385 e. The summed E-state index contributed by atoms with van der Waals surface area (Å²) in [5.74, 6) is -0.344. The maximum absolute atomic E-state index is 13.8. The first-order valence-electron chi connectivity index (χ1n) is 7.68. The van der Waals surface area contributed by atoms with Crippen molar-refractivity contribution in [1.82, 2.24) is 0 Å². The Balaban J connectivity index is 2.21. The molecular weight excluding hydrogens is 291 g/mol. The van der Waals surface area contributed by atoms with Gasteiger partial charge in [0.15, 0.2) is 0 Å². The van der Waals surface area contributed by atoms with Gasteiger partial charge in [0.1, 0.15) is 18.0 Å². The zero-order valence-corrected chi connectivity index (χ0v) is 13.0. The minimum absolute atomic E-state index is 0.344. The number of benzene rings is 3. The molecule has 3 aromatic carbocycles. The number of aliphatic hydroxyl groups is 2. The van der Waals surface area contributed by atoms with E-state index >= 15 is 0 Å². The first kappa shape index (κ1) is 14.4. The van der Waals surface area contributed by atoms with Crippen molar-refractivity contribution in [1.29, 1.82) is 0 Å². The van der Waals surface area contributed by atoms with Crippen LogP contribution < -0.4 is 0 Å². The van der Waals surface area contributed by atoms with Crippen LogP contribution in [0.15, 0.2) is 42.5 Å². The van der Waals surface area contributed by atoms with Gasteiger partial charge in [-0.05, 0) is 70.1 Å². The van der Waals surface area contributed by atoms with Gasteiger partial charge >= 0.3 is 0 Å². The van der Waals surface area contributed by atoms with Crippen LogP contribution in [0.3, 0.4) is 0 Å². The van der Waals surface area contributed by atoms with E-state index in [2.05, 4.69) is 0 Å². The fourth-order valence-corrected chi connectivity index (χ4v) is 3.85. The molecule has 0 unspecified atom stereocenters. The highest BCUT2D eigenvalue weighted by Crippen LogP contribution is 2.49. The molecule has 2 N–H and O–H groups in total. The van der Waals surface area contributed by atoms with Gasteiger partial charge in [-0.2, -0.15) is 0 Å². The number of hydrogen-bond acceptors (Lipinski definition) is 2. The fraction of sp³-hybridized carbons (Fsp3) is 0.200. The summed E-state index contributed by atoms with van der Waals surface area (Å²) in [5.41, 5.74) is 4.72. The summed E-state index contributed by atoms with van der Waals surface area (Å²) in [7, 11) is 0. The molecule has 3 heteroatoms. The molecule has 0 amide bonds. The summed E-state index contributed by atoms with van der Waals surface area (Å²) in [4.78, 5) is 0. The van der Waals surface area contributed by atoms with Crippen LogP contribution in [0.4, 0.5) is 4.39 Å². The smallest absolute Gasteiger partial charge is 0.123 e. The van der Waals surface area contributed by atoms with Crippen molar-refractivity contribution < 1.29 is 14.6 Å². The molecule has 0 spiro atoms. The summed E-state index contributed by atoms with van der Waals surface area (Å²) in [6.07, 6.45) is -2.05. The standard InChI is InChI=1S/C20H17FO2/c1-10-13-5-3-4-6-14(13)11(2)18-17(10)16-9-12(21)7-8-15(16)19(22)20(18)23/h3-9,19-20,22-23H,1-2H3/t19-,20-/m0/s1. The van der Waals surface area contributed by atoms with E-state index in [1.807, 2.05) is 38.1 Å². The Morgan fingerprint density at radius 1 is 0.870 bits per heavy atom. The van der Waals surface area contributed by atoms with Gasteiger partial charge in [-0.15, -0.1) is 0 Å². The molecule has 0 heterocycles. The maximum atomic E-state index is 13.8. The lowest BCUT2D eigenvalue weighted by atomic mass is 9.76. The number of aliphatic hydroxyl groups excluding tert-OH is 2. The lowest BCUT2D eigenvalue weighted by Gasteiger charge is -2.32. The monoisotopic (exact) mass is 308 g/mol. The lowest BCUT2D eigenvalue weighted by molar-refractivity contribution is 0.0154. The second kappa shape index (κ2) is 4.88. The molecule has 0 radical (unpaired) electrons. The SMILES string of the molecule is Cc1c2c(c(C)c3ccccc13)[C@H](O)[C@@H](O)c1ccc(F)cc1-2. The average Bonchev–Trinajstić information content (AvgIpc) is 2.56. The predicted octanol–water partition coefficient (Wildman–Crippen LogP) is 4.34. The van der Waals surface area contributed by atoms with Crippen LogP contribution in [0.25, 0.3) is 21.9 Å². The molecule has 0 saturated heterocycles. The summed E-state index contributed by atoms with van der Waals surface area (Å²) < 4.78 is 13.8. The van der Waals surface area contributed by atoms with Crippen LogP contribution in [-0.4, -0.2) is 10.2 Å². The Morgan fingerprint density at radius 3 is 2.22 bits per heavy atom. The molecule has 0 fully saturated rings. The van der Waals surface area contributed by atoms with E-state index in [-0.39, 0.29) is 5.82 Å². The van der Waals surface area contributed by atoms with Crippen molar-refractivity contribution in [3.8, 4) is 11.1 Å². The Morgan fingerprint density at radius 2 is 1.52 bits per heavy atom. The van der Waals surface area contributed by atoms with Crippen molar-refractivity contribution in [2.75, 3.05) is 0 Å². The second-order valence-corrected chi connectivity index (χ2v) is 6.21. The quantitative estimate of drug-likeness (QED) is 0.648. The van der Waals surface area contributed by atoms with E-state index in [0.29, 0.717) is 16.7 Å². The van der Waals surface area contributed by atoms with E-state index in [1.165, 1.54) is 12.1 Å². The summed E-state index contributed by atoms with van der Waals surface area (Å²) >= 11 is 0. The first-order valence-corrected chi connectivity index (χ1v) is 7.68. The highest BCUT2D eigenvalue weighted by atomic mass is 19.1. The van der Waals surface area contributed by atoms with E-state index in [9.17, 15) is 14.6 Å². The first-order chi connectivity index (χ1) is 11.0. The lowest BCUT2D eigenvalue weighted by Crippen LogP contribution is -2.19. The topological polar surface area (TPSA) is 40.5 Å². The Hall–Kier alpha value is -2.23. The molecule has 0 saturated carbocycles. The molecule has 3 aromatic rings. The molecular formula is C20H17FO2. The highest BCUT2D eigenvalue weighted by Gasteiger charge is 2.34. The fourth-order valence-electron chi connectivity index (χ4n) is 3.85. The van der Waals surface area contributed by atoms with E-state index in [0.717, 1.165) is 27.5 Å². The third kappa shape index (κ3) is 1.87. The van der Waals surface area contributed by atoms with Gasteiger partial charge in [0, 0.05) is 0 Å². The van der Waals surface area contributed by atoms with Gasteiger partial charge in [0.25, 0.3) is 0 Å². The van der Waals surface area contributed by atoms with Gasteiger partial charge < -0.3 is 10.2 Å². The van der Waals surface area contributed by atoms with E-state index < -0.39 is 12.2 Å². The predicted molar refractivity (Wildman–Crippen MR) is 88.7 cm³/mol. The van der Waals surface area contributed by atoms with Crippen molar-refractivity contribution in [2.45, 2.75) is 26.1 Å². The van der Waals surface area contributed by atoms with E-state index in [4.69, 9.17) is 0 Å². The molecule has 1 aliphatic rings. The minimum atomic E-state index is -1.04. The van der Waals surface area contributed by atoms with E-state index in [1.54, 1.807) is 6.07 Å². The molecule has 0 aromatic heterocycles. The largest absolute Gasteiger partial charge is 0.385 e. The Bertz CT molecular complexity index is 946.